The first-order valence-electron chi connectivity index (χ1n) is 11.6. The van der Waals surface area contributed by atoms with E-state index < -0.39 is 0 Å². The summed E-state index contributed by atoms with van der Waals surface area (Å²) in [5, 5.41) is 11.6. The van der Waals surface area contributed by atoms with Crippen LogP contribution < -0.4 is 5.32 Å². The van der Waals surface area contributed by atoms with Crippen molar-refractivity contribution in [1.82, 2.24) is 30.1 Å². The van der Waals surface area contributed by atoms with Crippen LogP contribution in [0.4, 0.5) is 5.69 Å². The van der Waals surface area contributed by atoms with Gasteiger partial charge < -0.3 is 10.3 Å². The first-order chi connectivity index (χ1) is 17.5. The molecule has 6 heterocycles. The number of fused-ring (bicyclic) bond motifs is 2. The third kappa shape index (κ3) is 3.93. The van der Waals surface area contributed by atoms with Gasteiger partial charge in [0, 0.05) is 39.7 Å². The van der Waals surface area contributed by atoms with Crippen LogP contribution in [0.1, 0.15) is 18.7 Å². The molecule has 6 rings (SSSR count). The molecule has 0 saturated heterocycles. The molecule has 0 atom stereocenters. The molecule has 0 aromatic carbocycles. The number of H-pyrrole nitrogens is 2. The van der Waals surface area contributed by atoms with E-state index in [1.807, 2.05) is 44.3 Å². The van der Waals surface area contributed by atoms with Gasteiger partial charge in [-0.15, -0.1) is 11.3 Å². The normalized spacial score (nSPS) is 11.6. The number of anilines is 1. The number of amides is 1. The summed E-state index contributed by atoms with van der Waals surface area (Å²) in [4.78, 5) is 31.8. The quantitative estimate of drug-likeness (QED) is 0.265. The summed E-state index contributed by atoms with van der Waals surface area (Å²) in [6, 6.07) is 14.0. The number of carbonyl (C=O) groups is 1. The lowest BCUT2D eigenvalue weighted by atomic mass is 10.1. The molecule has 36 heavy (non-hydrogen) atoms. The maximum atomic E-state index is 12.1. The van der Waals surface area contributed by atoms with Gasteiger partial charge in [-0.25, -0.2) is 4.98 Å². The zero-order valence-electron chi connectivity index (χ0n) is 20.0. The summed E-state index contributed by atoms with van der Waals surface area (Å²) in [6.45, 7) is 5.81. The van der Waals surface area contributed by atoms with Crippen LogP contribution in [0.15, 0.2) is 61.1 Å². The van der Waals surface area contributed by atoms with Gasteiger partial charge in [-0.2, -0.15) is 5.10 Å². The minimum absolute atomic E-state index is 0.0557. The van der Waals surface area contributed by atoms with Gasteiger partial charge >= 0.3 is 0 Å². The van der Waals surface area contributed by atoms with Crippen molar-refractivity contribution in [2.24, 2.45) is 5.92 Å². The molecular weight excluding hydrogens is 470 g/mol. The van der Waals surface area contributed by atoms with E-state index in [-0.39, 0.29) is 11.8 Å². The fraction of sp³-hybridized carbons (Fsp3) is 0.148. The Kier molecular flexibility index (Phi) is 5.34. The van der Waals surface area contributed by atoms with E-state index in [4.69, 9.17) is 4.98 Å². The predicted molar refractivity (Wildman–Crippen MR) is 144 cm³/mol. The third-order valence-electron chi connectivity index (χ3n) is 6.01. The van der Waals surface area contributed by atoms with Gasteiger partial charge in [0.2, 0.25) is 5.91 Å². The molecule has 6 aromatic heterocycles. The molecule has 0 fully saturated rings. The molecule has 0 unspecified atom stereocenters. The fourth-order valence-corrected chi connectivity index (χ4v) is 5.00. The maximum absolute atomic E-state index is 12.1. The largest absolute Gasteiger partial charge is 0.353 e. The van der Waals surface area contributed by atoms with Crippen LogP contribution in [-0.2, 0) is 4.79 Å². The monoisotopic (exact) mass is 493 g/mol. The van der Waals surface area contributed by atoms with Gasteiger partial charge in [-0.05, 0) is 49.4 Å². The number of pyridine rings is 3. The standard InChI is InChI=1S/C27H23N7OS/c1-14(2)27(35)30-17-10-16(12-28-13-17)19-5-6-21-25(32-19)26(34-33-21)22-11-18-20(31-22)8-9-29-24(18)23-7-4-15(3)36-23/h4-14,31H,1-3H3,(H,30,35)(H,33,34). The molecule has 0 saturated carbocycles. The van der Waals surface area contributed by atoms with E-state index in [9.17, 15) is 4.79 Å². The third-order valence-corrected chi connectivity index (χ3v) is 7.02. The summed E-state index contributed by atoms with van der Waals surface area (Å²) in [7, 11) is 0. The Morgan fingerprint density at radius 1 is 1.03 bits per heavy atom. The number of nitrogens with one attached hydrogen (secondary N) is 3. The lowest BCUT2D eigenvalue weighted by Crippen LogP contribution is -2.17. The number of aromatic nitrogens is 6. The topological polar surface area (TPSA) is 112 Å². The minimum atomic E-state index is -0.118. The van der Waals surface area contributed by atoms with Crippen LogP contribution in [0.3, 0.4) is 0 Å². The van der Waals surface area contributed by atoms with E-state index in [1.54, 1.807) is 23.7 Å². The average Bonchev–Trinajstić information content (AvgIpc) is 3.61. The van der Waals surface area contributed by atoms with Crippen molar-refractivity contribution >= 4 is 44.9 Å². The Balaban J connectivity index is 1.41. The molecule has 0 aliphatic heterocycles. The van der Waals surface area contributed by atoms with Gasteiger partial charge in [0.25, 0.3) is 0 Å². The molecule has 0 bridgehead atoms. The van der Waals surface area contributed by atoms with Crippen LogP contribution >= 0.6 is 11.3 Å². The predicted octanol–water partition coefficient (Wildman–Crippen LogP) is 6.19. The number of hydrogen-bond donors (Lipinski definition) is 3. The van der Waals surface area contributed by atoms with Crippen molar-refractivity contribution in [3.05, 3.63) is 65.9 Å². The fourth-order valence-electron chi connectivity index (χ4n) is 4.12. The molecule has 178 valence electrons. The Bertz CT molecular complexity index is 1740. The number of rotatable bonds is 5. The molecule has 3 N–H and O–H groups in total. The minimum Gasteiger partial charge on any atom is -0.353 e. The Hall–Kier alpha value is -4.37. The van der Waals surface area contributed by atoms with Gasteiger partial charge in [-0.3, -0.25) is 19.9 Å². The Morgan fingerprint density at radius 2 is 1.92 bits per heavy atom. The average molecular weight is 494 g/mol. The Morgan fingerprint density at radius 3 is 2.72 bits per heavy atom. The number of nitrogens with zero attached hydrogens (tertiary/aromatic N) is 4. The summed E-state index contributed by atoms with van der Waals surface area (Å²) in [5.41, 5.74) is 7.30. The molecule has 8 nitrogen and oxygen atoms in total. The summed E-state index contributed by atoms with van der Waals surface area (Å²) < 4.78 is 0. The van der Waals surface area contributed by atoms with Gasteiger partial charge in [0.05, 0.1) is 39.4 Å². The Labute approximate surface area is 210 Å². The molecule has 6 aromatic rings. The highest BCUT2D eigenvalue weighted by molar-refractivity contribution is 7.15. The van der Waals surface area contributed by atoms with Crippen molar-refractivity contribution < 1.29 is 4.79 Å². The van der Waals surface area contributed by atoms with Crippen molar-refractivity contribution in [3.63, 3.8) is 0 Å². The van der Waals surface area contributed by atoms with Crippen LogP contribution in [0.25, 0.3) is 55.2 Å². The van der Waals surface area contributed by atoms with Gasteiger partial charge in [0.15, 0.2) is 0 Å². The van der Waals surface area contributed by atoms with Crippen molar-refractivity contribution in [1.29, 1.82) is 0 Å². The molecule has 0 spiro atoms. The molecule has 1 amide bonds. The molecule has 0 aliphatic rings. The zero-order chi connectivity index (χ0) is 24.8. The lowest BCUT2D eigenvalue weighted by Gasteiger charge is -2.08. The van der Waals surface area contributed by atoms with E-state index in [2.05, 4.69) is 55.6 Å². The van der Waals surface area contributed by atoms with Crippen LogP contribution in [0, 0.1) is 12.8 Å². The molecule has 9 heteroatoms. The van der Waals surface area contributed by atoms with Gasteiger partial charge in [0.1, 0.15) is 11.2 Å². The number of aromatic amines is 2. The van der Waals surface area contributed by atoms with Crippen molar-refractivity contribution in [2.45, 2.75) is 20.8 Å². The smallest absolute Gasteiger partial charge is 0.226 e. The summed E-state index contributed by atoms with van der Waals surface area (Å²) in [5.74, 6) is -0.174. The first-order valence-corrected chi connectivity index (χ1v) is 12.4. The highest BCUT2D eigenvalue weighted by Crippen LogP contribution is 2.35. The summed E-state index contributed by atoms with van der Waals surface area (Å²) in [6.07, 6.45) is 5.20. The second-order valence-corrected chi connectivity index (χ2v) is 10.3. The lowest BCUT2D eigenvalue weighted by molar-refractivity contribution is -0.118. The van der Waals surface area contributed by atoms with Crippen LogP contribution in [0.5, 0.6) is 0 Å². The highest BCUT2D eigenvalue weighted by Gasteiger charge is 2.17. The SMILES string of the molecule is Cc1ccc(-c2nccc3[nH]c(-c4n[nH]c5ccc(-c6cncc(NC(=O)C(C)C)c6)nc45)cc23)s1. The number of aryl methyl sites for hydroxylation is 1. The zero-order valence-corrected chi connectivity index (χ0v) is 20.8. The number of hydrogen-bond acceptors (Lipinski definition) is 6. The molecular formula is C27H23N7OS. The number of carbonyl (C=O) groups excluding carboxylic acids is 1. The maximum Gasteiger partial charge on any atom is 0.226 e. The van der Waals surface area contributed by atoms with E-state index >= 15 is 0 Å². The van der Waals surface area contributed by atoms with E-state index in [0.29, 0.717) is 5.69 Å². The van der Waals surface area contributed by atoms with Crippen molar-refractivity contribution in [2.75, 3.05) is 5.32 Å². The van der Waals surface area contributed by atoms with Gasteiger partial charge in [-0.1, -0.05) is 13.8 Å². The van der Waals surface area contributed by atoms with Crippen LogP contribution in [0.2, 0.25) is 0 Å². The van der Waals surface area contributed by atoms with Crippen molar-refractivity contribution in [3.8, 4) is 33.2 Å². The highest BCUT2D eigenvalue weighted by atomic mass is 32.1. The van der Waals surface area contributed by atoms with E-state index in [0.717, 1.165) is 55.2 Å². The summed E-state index contributed by atoms with van der Waals surface area (Å²) >= 11 is 1.73. The molecule has 0 radical (unpaired) electrons. The second-order valence-electron chi connectivity index (χ2n) is 8.99. The first kappa shape index (κ1) is 22.1. The number of thiophene rings is 1. The second kappa shape index (κ2) is 8.69. The van der Waals surface area contributed by atoms with E-state index in [1.165, 1.54) is 4.88 Å². The van der Waals surface area contributed by atoms with Crippen LogP contribution in [-0.4, -0.2) is 36.0 Å². The molecule has 0 aliphatic carbocycles.